The van der Waals surface area contributed by atoms with E-state index in [1.165, 1.54) is 11.1 Å². The van der Waals surface area contributed by atoms with Gasteiger partial charge in [-0.1, -0.05) is 30.3 Å². The summed E-state index contributed by atoms with van der Waals surface area (Å²) in [7, 11) is 0. The van der Waals surface area contributed by atoms with Crippen LogP contribution in [0.4, 0.5) is 5.82 Å². The Balaban J connectivity index is 1.34. The molecule has 2 saturated heterocycles. The van der Waals surface area contributed by atoms with Crippen LogP contribution in [0.25, 0.3) is 11.3 Å². The van der Waals surface area contributed by atoms with Crippen molar-refractivity contribution in [3.8, 4) is 17.3 Å². The fourth-order valence-electron chi connectivity index (χ4n) is 5.05. The van der Waals surface area contributed by atoms with Crippen LogP contribution in [-0.4, -0.2) is 79.7 Å². The molecular formula is C25H29N5O2. The number of piperazine rings is 1. The van der Waals surface area contributed by atoms with Crippen LogP contribution in [-0.2, 0) is 22.4 Å². The Morgan fingerprint density at radius 1 is 1.00 bits per heavy atom. The van der Waals surface area contributed by atoms with E-state index in [0.717, 1.165) is 68.1 Å². The molecular weight excluding hydrogens is 402 g/mol. The van der Waals surface area contributed by atoms with Crippen molar-refractivity contribution in [2.45, 2.75) is 19.3 Å². The molecule has 5 rings (SSSR count). The zero-order valence-electron chi connectivity index (χ0n) is 18.4. The minimum absolute atomic E-state index is 0.182. The second-order valence-corrected chi connectivity index (χ2v) is 8.70. The Bertz CT molecular complexity index is 1020. The first-order valence-corrected chi connectivity index (χ1v) is 11.6. The van der Waals surface area contributed by atoms with Gasteiger partial charge in [-0.2, -0.15) is 5.26 Å². The number of carbonyl (C=O) groups is 1. The van der Waals surface area contributed by atoms with Crippen molar-refractivity contribution in [2.75, 3.05) is 63.9 Å². The van der Waals surface area contributed by atoms with E-state index in [-0.39, 0.29) is 5.91 Å². The van der Waals surface area contributed by atoms with Gasteiger partial charge in [0.1, 0.15) is 11.9 Å². The number of nitriles is 1. The van der Waals surface area contributed by atoms with E-state index >= 15 is 0 Å². The molecule has 2 aromatic rings. The van der Waals surface area contributed by atoms with E-state index in [1.807, 2.05) is 23.1 Å². The van der Waals surface area contributed by atoms with Crippen LogP contribution < -0.4 is 4.90 Å². The Morgan fingerprint density at radius 3 is 2.44 bits per heavy atom. The van der Waals surface area contributed by atoms with Gasteiger partial charge in [-0.25, -0.2) is 4.98 Å². The number of benzene rings is 1. The van der Waals surface area contributed by atoms with Gasteiger partial charge < -0.3 is 14.5 Å². The minimum Gasteiger partial charge on any atom is -0.378 e. The molecule has 0 saturated carbocycles. The van der Waals surface area contributed by atoms with Crippen molar-refractivity contribution in [1.29, 1.82) is 5.26 Å². The number of rotatable bonds is 4. The molecule has 166 valence electrons. The molecule has 3 aliphatic rings. The van der Waals surface area contributed by atoms with Gasteiger partial charge >= 0.3 is 0 Å². The molecule has 7 heteroatoms. The summed E-state index contributed by atoms with van der Waals surface area (Å²) in [6, 6.07) is 12.8. The van der Waals surface area contributed by atoms with Crippen molar-refractivity contribution in [3.63, 3.8) is 0 Å². The molecule has 2 fully saturated rings. The van der Waals surface area contributed by atoms with Gasteiger partial charge in [0, 0.05) is 44.8 Å². The smallest absolute Gasteiger partial charge is 0.236 e. The summed E-state index contributed by atoms with van der Waals surface area (Å²) < 4.78 is 5.35. The number of hydrogen-bond donors (Lipinski definition) is 0. The van der Waals surface area contributed by atoms with Crippen LogP contribution in [0.3, 0.4) is 0 Å². The number of morpholine rings is 1. The van der Waals surface area contributed by atoms with Crippen LogP contribution in [0.5, 0.6) is 0 Å². The van der Waals surface area contributed by atoms with E-state index in [0.29, 0.717) is 32.8 Å². The molecule has 7 nitrogen and oxygen atoms in total. The fraction of sp³-hybridized carbons (Fsp3) is 0.480. The molecule has 32 heavy (non-hydrogen) atoms. The molecule has 1 aromatic heterocycles. The van der Waals surface area contributed by atoms with Crippen LogP contribution in [0, 0.1) is 11.3 Å². The highest BCUT2D eigenvalue weighted by molar-refractivity contribution is 5.78. The van der Waals surface area contributed by atoms with Crippen molar-refractivity contribution >= 4 is 11.7 Å². The minimum atomic E-state index is 0.182. The predicted molar refractivity (Wildman–Crippen MR) is 122 cm³/mol. The second-order valence-electron chi connectivity index (χ2n) is 8.70. The van der Waals surface area contributed by atoms with Gasteiger partial charge in [-0.3, -0.25) is 9.69 Å². The maximum Gasteiger partial charge on any atom is 0.236 e. The molecule has 0 unspecified atom stereocenters. The number of aromatic nitrogens is 1. The van der Waals surface area contributed by atoms with Gasteiger partial charge in [0.05, 0.1) is 31.0 Å². The van der Waals surface area contributed by atoms with E-state index in [9.17, 15) is 10.1 Å². The number of anilines is 1. The average Bonchev–Trinajstić information content (AvgIpc) is 3.34. The van der Waals surface area contributed by atoms with Gasteiger partial charge in [-0.05, 0) is 30.4 Å². The number of ether oxygens (including phenoxy) is 1. The number of nitrogens with zero attached hydrogens (tertiary/aromatic N) is 5. The summed E-state index contributed by atoms with van der Waals surface area (Å²) in [4.78, 5) is 24.0. The molecule has 1 aliphatic carbocycles. The Labute approximate surface area is 189 Å². The van der Waals surface area contributed by atoms with Gasteiger partial charge in [0.25, 0.3) is 0 Å². The predicted octanol–water partition coefficient (Wildman–Crippen LogP) is 2.09. The van der Waals surface area contributed by atoms with Crippen molar-refractivity contribution < 1.29 is 9.53 Å². The quantitative estimate of drug-likeness (QED) is 0.738. The highest BCUT2D eigenvalue weighted by Crippen LogP contribution is 2.37. The molecule has 3 heterocycles. The van der Waals surface area contributed by atoms with Crippen LogP contribution in [0.15, 0.2) is 30.3 Å². The lowest BCUT2D eigenvalue weighted by Gasteiger charge is -2.37. The third-order valence-electron chi connectivity index (χ3n) is 6.80. The standard InChI is InChI=1S/C25H29N5O2/c26-17-22-20-7-4-8-21(20)24(19-5-2-1-3-6-19)27-25(22)30-11-9-28(10-12-30)18-23(31)29-13-15-32-16-14-29/h1-3,5-6H,4,7-16,18H2. The number of amides is 1. The molecule has 2 aliphatic heterocycles. The lowest BCUT2D eigenvalue weighted by atomic mass is 9.98. The molecule has 0 atom stereocenters. The molecule has 0 bridgehead atoms. The SMILES string of the molecule is N#Cc1c(N2CCN(CC(=O)N3CCOCC3)CC2)nc(-c2ccccc2)c2c1CCC2. The Hall–Kier alpha value is -2.95. The summed E-state index contributed by atoms with van der Waals surface area (Å²) in [5.74, 6) is 0.993. The fourth-order valence-corrected chi connectivity index (χ4v) is 5.05. The summed E-state index contributed by atoms with van der Waals surface area (Å²) in [6.45, 7) is 6.20. The van der Waals surface area contributed by atoms with Crippen molar-refractivity contribution in [3.05, 3.63) is 47.0 Å². The first kappa shape index (κ1) is 20.9. The largest absolute Gasteiger partial charge is 0.378 e. The lowest BCUT2D eigenvalue weighted by Crippen LogP contribution is -2.52. The Kier molecular flexibility index (Phi) is 6.06. The maximum absolute atomic E-state index is 12.6. The van der Waals surface area contributed by atoms with Gasteiger partial charge in [0.2, 0.25) is 5.91 Å². The van der Waals surface area contributed by atoms with Gasteiger partial charge in [0.15, 0.2) is 0 Å². The third-order valence-corrected chi connectivity index (χ3v) is 6.80. The zero-order chi connectivity index (χ0) is 21.9. The van der Waals surface area contributed by atoms with Crippen LogP contribution in [0.1, 0.15) is 23.1 Å². The van der Waals surface area contributed by atoms with Gasteiger partial charge in [-0.15, -0.1) is 0 Å². The van der Waals surface area contributed by atoms with E-state index < -0.39 is 0 Å². The van der Waals surface area contributed by atoms with E-state index in [1.54, 1.807) is 0 Å². The first-order chi connectivity index (χ1) is 15.7. The van der Waals surface area contributed by atoms with Crippen LogP contribution in [0.2, 0.25) is 0 Å². The van der Waals surface area contributed by atoms with E-state index in [2.05, 4.69) is 28.0 Å². The molecule has 0 spiro atoms. The summed E-state index contributed by atoms with van der Waals surface area (Å²) in [6.07, 6.45) is 3.01. The number of carbonyl (C=O) groups excluding carboxylic acids is 1. The monoisotopic (exact) mass is 431 g/mol. The number of hydrogen-bond acceptors (Lipinski definition) is 6. The van der Waals surface area contributed by atoms with E-state index in [4.69, 9.17) is 9.72 Å². The molecule has 0 radical (unpaired) electrons. The first-order valence-electron chi connectivity index (χ1n) is 11.6. The van der Waals surface area contributed by atoms with Crippen LogP contribution >= 0.6 is 0 Å². The average molecular weight is 432 g/mol. The highest BCUT2D eigenvalue weighted by atomic mass is 16.5. The topological polar surface area (TPSA) is 72.7 Å². The van der Waals surface area contributed by atoms with Crippen molar-refractivity contribution in [2.24, 2.45) is 0 Å². The maximum atomic E-state index is 12.6. The summed E-state index contributed by atoms with van der Waals surface area (Å²) >= 11 is 0. The number of fused-ring (bicyclic) bond motifs is 1. The summed E-state index contributed by atoms with van der Waals surface area (Å²) in [5.41, 5.74) is 5.31. The molecule has 1 aromatic carbocycles. The number of pyridine rings is 1. The van der Waals surface area contributed by atoms with Crippen molar-refractivity contribution in [1.82, 2.24) is 14.8 Å². The highest BCUT2D eigenvalue weighted by Gasteiger charge is 2.29. The molecule has 0 N–H and O–H groups in total. The molecule has 1 amide bonds. The normalized spacial score (nSPS) is 19.0. The lowest BCUT2D eigenvalue weighted by molar-refractivity contribution is -0.136. The zero-order valence-corrected chi connectivity index (χ0v) is 18.4. The third kappa shape index (κ3) is 4.08. The second kappa shape index (κ2) is 9.27. The summed E-state index contributed by atoms with van der Waals surface area (Å²) in [5, 5.41) is 10.0. The Morgan fingerprint density at radius 2 is 1.72 bits per heavy atom.